The van der Waals surface area contributed by atoms with Gasteiger partial charge in [-0.05, 0) is 125 Å². The zero-order valence-corrected chi connectivity index (χ0v) is 31.3. The second-order valence-electron chi connectivity index (χ2n) is 16.1. The Hall–Kier alpha value is -5.34. The quantitative estimate of drug-likeness (QED) is 0.145. The van der Waals surface area contributed by atoms with Crippen molar-refractivity contribution in [3.63, 3.8) is 0 Å². The largest absolute Gasteiger partial charge is 0.334 e. The van der Waals surface area contributed by atoms with Crippen LogP contribution in [0.2, 0.25) is 0 Å². The first-order valence-corrected chi connectivity index (χ1v) is 20.7. The van der Waals surface area contributed by atoms with E-state index >= 15 is 0 Å². The molecular formula is C52H50N2. The van der Waals surface area contributed by atoms with Gasteiger partial charge in [-0.3, -0.25) is 0 Å². The Morgan fingerprint density at radius 1 is 0.426 bits per heavy atom. The monoisotopic (exact) mass is 702 g/mol. The summed E-state index contributed by atoms with van der Waals surface area (Å²) in [6, 6.07) is 49.1. The molecule has 0 heterocycles. The van der Waals surface area contributed by atoms with Gasteiger partial charge in [0, 0.05) is 33.5 Å². The van der Waals surface area contributed by atoms with Gasteiger partial charge < -0.3 is 9.80 Å². The van der Waals surface area contributed by atoms with Crippen LogP contribution in [-0.2, 0) is 0 Å². The van der Waals surface area contributed by atoms with E-state index in [1.807, 2.05) is 0 Å². The minimum Gasteiger partial charge on any atom is -0.334 e. The maximum Gasteiger partial charge on any atom is 0.0560 e. The van der Waals surface area contributed by atoms with Crippen molar-refractivity contribution in [2.24, 2.45) is 0 Å². The van der Waals surface area contributed by atoms with Gasteiger partial charge in [0.2, 0.25) is 0 Å². The van der Waals surface area contributed by atoms with Gasteiger partial charge in [0.05, 0.1) is 11.7 Å². The highest BCUT2D eigenvalue weighted by Gasteiger charge is 2.25. The van der Waals surface area contributed by atoms with Crippen LogP contribution in [0.25, 0.3) is 32.3 Å². The van der Waals surface area contributed by atoms with Gasteiger partial charge in [-0.15, -0.1) is 0 Å². The average Bonchev–Trinajstić information content (AvgIpc) is 3.26. The number of hydrogen-bond donors (Lipinski definition) is 0. The van der Waals surface area contributed by atoms with E-state index in [0.29, 0.717) is 11.8 Å². The van der Waals surface area contributed by atoms with Gasteiger partial charge in [0.15, 0.2) is 0 Å². The molecule has 54 heavy (non-hydrogen) atoms. The van der Waals surface area contributed by atoms with E-state index < -0.39 is 0 Å². The van der Waals surface area contributed by atoms with Crippen molar-refractivity contribution < 1.29 is 0 Å². The molecule has 1 unspecified atom stereocenters. The highest BCUT2D eigenvalue weighted by Crippen LogP contribution is 2.47. The molecule has 0 amide bonds. The van der Waals surface area contributed by atoms with Crippen LogP contribution >= 0.6 is 0 Å². The zero-order chi connectivity index (χ0) is 35.8. The molecule has 3 aliphatic rings. The maximum absolute atomic E-state index is 2.60. The predicted octanol–water partition coefficient (Wildman–Crippen LogP) is 15.2. The molecule has 2 nitrogen and oxygen atoms in total. The number of nitrogens with zero attached hydrogens (tertiary/aromatic N) is 2. The molecule has 7 aromatic rings. The number of anilines is 5. The summed E-state index contributed by atoms with van der Waals surface area (Å²) < 4.78 is 0. The second-order valence-corrected chi connectivity index (χ2v) is 16.1. The highest BCUT2D eigenvalue weighted by molar-refractivity contribution is 6.28. The van der Waals surface area contributed by atoms with Gasteiger partial charge in [-0.2, -0.15) is 0 Å². The topological polar surface area (TPSA) is 6.48 Å². The average molecular weight is 703 g/mol. The Morgan fingerprint density at radius 3 is 1.52 bits per heavy atom. The lowest BCUT2D eigenvalue weighted by atomic mass is 9.84. The summed E-state index contributed by atoms with van der Waals surface area (Å²) in [5.74, 6) is 1.39. The molecule has 10 rings (SSSR count). The van der Waals surface area contributed by atoms with Crippen LogP contribution in [0.3, 0.4) is 0 Å². The fourth-order valence-electron chi connectivity index (χ4n) is 10.1. The third-order valence-electron chi connectivity index (χ3n) is 12.9. The molecule has 0 aliphatic heterocycles. The number of para-hydroxylation sites is 1. The van der Waals surface area contributed by atoms with Crippen molar-refractivity contribution in [2.45, 2.75) is 88.5 Å². The van der Waals surface area contributed by atoms with Crippen molar-refractivity contribution in [3.05, 3.63) is 163 Å². The highest BCUT2D eigenvalue weighted by atomic mass is 15.2. The van der Waals surface area contributed by atoms with Crippen molar-refractivity contribution in [2.75, 3.05) is 9.80 Å². The lowest BCUT2D eigenvalue weighted by Gasteiger charge is -2.34. The third-order valence-corrected chi connectivity index (χ3v) is 12.9. The van der Waals surface area contributed by atoms with Gasteiger partial charge in [0.25, 0.3) is 0 Å². The van der Waals surface area contributed by atoms with Gasteiger partial charge in [-0.25, -0.2) is 0 Å². The fraction of sp³-hybridized carbons (Fsp3) is 0.269. The minimum atomic E-state index is 0.245. The molecule has 7 aromatic carbocycles. The van der Waals surface area contributed by atoms with Crippen LogP contribution in [0.4, 0.5) is 28.4 Å². The van der Waals surface area contributed by atoms with Crippen molar-refractivity contribution in [1.82, 2.24) is 0 Å². The van der Waals surface area contributed by atoms with Crippen molar-refractivity contribution >= 4 is 60.8 Å². The Balaban J connectivity index is 1.11. The van der Waals surface area contributed by atoms with Crippen LogP contribution in [0.1, 0.15) is 93.6 Å². The molecular weight excluding hydrogens is 653 g/mol. The molecule has 0 aromatic heterocycles. The third kappa shape index (κ3) is 6.06. The summed E-state index contributed by atoms with van der Waals surface area (Å²) in [5.41, 5.74) is 9.14. The summed E-state index contributed by atoms with van der Waals surface area (Å²) in [4.78, 5) is 5.07. The first-order chi connectivity index (χ1) is 26.8. The Morgan fingerprint density at radius 2 is 0.944 bits per heavy atom. The lowest BCUT2D eigenvalue weighted by molar-refractivity contribution is 0.443. The molecule has 0 saturated heterocycles. The summed E-state index contributed by atoms with van der Waals surface area (Å²) >= 11 is 0. The summed E-state index contributed by atoms with van der Waals surface area (Å²) in [6.07, 6.45) is 23.6. The first-order valence-electron chi connectivity index (χ1n) is 20.7. The molecule has 1 atom stereocenters. The predicted molar refractivity (Wildman–Crippen MR) is 232 cm³/mol. The maximum atomic E-state index is 2.60. The van der Waals surface area contributed by atoms with Crippen molar-refractivity contribution in [1.29, 1.82) is 0 Å². The summed E-state index contributed by atoms with van der Waals surface area (Å²) in [6.45, 7) is 0. The minimum absolute atomic E-state index is 0.245. The first kappa shape index (κ1) is 33.2. The van der Waals surface area contributed by atoms with E-state index in [2.05, 4.69) is 161 Å². The molecule has 0 N–H and O–H groups in total. The molecule has 0 radical (unpaired) electrons. The van der Waals surface area contributed by atoms with E-state index in [1.54, 1.807) is 0 Å². The van der Waals surface area contributed by atoms with E-state index in [-0.39, 0.29) is 6.04 Å². The van der Waals surface area contributed by atoms with E-state index in [4.69, 9.17) is 0 Å². The normalized spacial score (nSPS) is 18.2. The van der Waals surface area contributed by atoms with Crippen LogP contribution in [0.15, 0.2) is 152 Å². The Kier molecular flexibility index (Phi) is 8.91. The van der Waals surface area contributed by atoms with Crippen LogP contribution in [0.5, 0.6) is 0 Å². The molecule has 268 valence electrons. The smallest absolute Gasteiger partial charge is 0.0560 e. The van der Waals surface area contributed by atoms with Gasteiger partial charge in [-0.1, -0.05) is 142 Å². The number of rotatable bonds is 8. The summed E-state index contributed by atoms with van der Waals surface area (Å²) in [5, 5.41) is 7.87. The van der Waals surface area contributed by atoms with E-state index in [9.17, 15) is 0 Å². The molecule has 0 spiro atoms. The SMILES string of the molecule is C1=CCC(N(c2ccc(C3CCCCC3)cc2)c2ccc3ccc4c(N(c5ccccc5)c5ccc(C6CCCCC6)cc5)ccc5ccc2c3c54)C=C1. The number of benzene rings is 7. The van der Waals surface area contributed by atoms with Crippen LogP contribution in [-0.4, -0.2) is 6.04 Å². The van der Waals surface area contributed by atoms with Gasteiger partial charge in [0.1, 0.15) is 0 Å². The van der Waals surface area contributed by atoms with Crippen LogP contribution in [0, 0.1) is 0 Å². The lowest BCUT2D eigenvalue weighted by Crippen LogP contribution is -2.30. The number of allylic oxidation sites excluding steroid dienone is 2. The van der Waals surface area contributed by atoms with Crippen molar-refractivity contribution in [3.8, 4) is 0 Å². The van der Waals surface area contributed by atoms with E-state index in [0.717, 1.165) is 6.42 Å². The molecule has 3 aliphatic carbocycles. The Bertz CT molecular complexity index is 2430. The molecule has 2 fully saturated rings. The fourth-order valence-corrected chi connectivity index (χ4v) is 10.1. The second kappa shape index (κ2) is 14.5. The van der Waals surface area contributed by atoms with Crippen LogP contribution < -0.4 is 9.80 Å². The molecule has 0 bridgehead atoms. The zero-order valence-electron chi connectivity index (χ0n) is 31.3. The summed E-state index contributed by atoms with van der Waals surface area (Å²) in [7, 11) is 0. The van der Waals surface area contributed by atoms with E-state index in [1.165, 1.54) is 136 Å². The Labute approximate surface area is 320 Å². The van der Waals surface area contributed by atoms with Gasteiger partial charge >= 0.3 is 0 Å². The standard InChI is InChI=1S/C52H50N2/c1-5-13-37(14-6-1)39-21-29-45(30-22-39)53(43-17-9-3-10-18-43)49-35-27-41-26-34-48-50(36-28-42-25-33-47(49)51(41)52(42)48)54(44-19-11-4-12-20-44)46-31-23-40(24-32-46)38-15-7-2-8-16-38/h3-4,9-12,17-19,21-38,44H,1-2,5-8,13-16,20H2. The molecule has 2 saturated carbocycles. The number of hydrogen-bond acceptors (Lipinski definition) is 2. The molecule has 2 heteroatoms.